The largest absolute Gasteiger partial charge is 0.451 e. The van der Waals surface area contributed by atoms with Crippen molar-refractivity contribution in [3.05, 3.63) is 47.7 Å². The van der Waals surface area contributed by atoms with Crippen molar-refractivity contribution in [1.29, 1.82) is 5.26 Å². The first-order chi connectivity index (χ1) is 7.70. The number of amides is 1. The van der Waals surface area contributed by atoms with E-state index < -0.39 is 5.91 Å². The zero-order valence-corrected chi connectivity index (χ0v) is 8.31. The average molecular weight is 212 g/mol. The van der Waals surface area contributed by atoms with E-state index in [1.807, 2.05) is 6.07 Å². The third-order valence-electron chi connectivity index (χ3n) is 2.13. The Bertz CT molecular complexity index is 579. The van der Waals surface area contributed by atoms with Crippen molar-refractivity contribution in [1.82, 2.24) is 0 Å². The molecule has 2 aromatic rings. The molecule has 0 spiro atoms. The number of nitrogens with two attached hydrogens (primary N) is 1. The Morgan fingerprint density at radius 2 is 2.12 bits per heavy atom. The van der Waals surface area contributed by atoms with E-state index in [1.54, 1.807) is 30.3 Å². The van der Waals surface area contributed by atoms with E-state index in [-0.39, 0.29) is 5.76 Å². The fourth-order valence-electron chi connectivity index (χ4n) is 1.37. The molecular formula is C12H8N2O2. The van der Waals surface area contributed by atoms with Crippen molar-refractivity contribution in [3.63, 3.8) is 0 Å². The number of nitrogens with zero attached hydrogens (tertiary/aromatic N) is 1. The Labute approximate surface area is 91.9 Å². The molecule has 1 amide bonds. The van der Waals surface area contributed by atoms with Gasteiger partial charge in [-0.15, -0.1) is 0 Å². The van der Waals surface area contributed by atoms with Gasteiger partial charge in [0.15, 0.2) is 5.76 Å². The van der Waals surface area contributed by atoms with Crippen LogP contribution >= 0.6 is 0 Å². The third kappa shape index (κ3) is 1.79. The maximum Gasteiger partial charge on any atom is 0.284 e. The number of primary amides is 1. The van der Waals surface area contributed by atoms with Crippen LogP contribution in [0.15, 0.2) is 40.8 Å². The number of benzene rings is 1. The molecule has 78 valence electrons. The molecule has 0 bridgehead atoms. The maximum atomic E-state index is 10.8. The summed E-state index contributed by atoms with van der Waals surface area (Å²) in [5, 5.41) is 8.75. The van der Waals surface area contributed by atoms with Gasteiger partial charge in [0.25, 0.3) is 5.91 Å². The smallest absolute Gasteiger partial charge is 0.284 e. The maximum absolute atomic E-state index is 10.8. The highest BCUT2D eigenvalue weighted by Crippen LogP contribution is 2.22. The van der Waals surface area contributed by atoms with Crippen LogP contribution in [0.25, 0.3) is 11.3 Å². The molecule has 2 rings (SSSR count). The van der Waals surface area contributed by atoms with Crippen LogP contribution in [-0.2, 0) is 0 Å². The summed E-state index contributed by atoms with van der Waals surface area (Å²) < 4.78 is 5.25. The summed E-state index contributed by atoms with van der Waals surface area (Å²) in [6, 6.07) is 12.1. The van der Waals surface area contributed by atoms with Gasteiger partial charge in [-0.25, -0.2) is 0 Å². The van der Waals surface area contributed by atoms with Crippen LogP contribution in [-0.4, -0.2) is 5.91 Å². The lowest BCUT2D eigenvalue weighted by Crippen LogP contribution is -2.09. The van der Waals surface area contributed by atoms with E-state index in [9.17, 15) is 4.79 Å². The first-order valence-corrected chi connectivity index (χ1v) is 4.61. The van der Waals surface area contributed by atoms with Gasteiger partial charge in [-0.3, -0.25) is 4.79 Å². The van der Waals surface area contributed by atoms with Gasteiger partial charge >= 0.3 is 0 Å². The Hall–Kier alpha value is -2.54. The van der Waals surface area contributed by atoms with Gasteiger partial charge in [0.05, 0.1) is 11.6 Å². The highest BCUT2D eigenvalue weighted by molar-refractivity contribution is 5.90. The number of rotatable bonds is 2. The van der Waals surface area contributed by atoms with Crippen molar-refractivity contribution < 1.29 is 9.21 Å². The SMILES string of the molecule is N#Cc1cccc(-c2ccc(C(N)=O)o2)c1. The van der Waals surface area contributed by atoms with Gasteiger partial charge in [0.1, 0.15) is 5.76 Å². The fourth-order valence-corrected chi connectivity index (χ4v) is 1.37. The quantitative estimate of drug-likeness (QED) is 0.825. The predicted molar refractivity (Wildman–Crippen MR) is 57.4 cm³/mol. The summed E-state index contributed by atoms with van der Waals surface area (Å²) in [4.78, 5) is 10.8. The Kier molecular flexibility index (Phi) is 2.44. The first kappa shape index (κ1) is 9.99. The fraction of sp³-hybridized carbons (Fsp3) is 0. The summed E-state index contributed by atoms with van der Waals surface area (Å²) in [7, 11) is 0. The van der Waals surface area contributed by atoms with Crippen molar-refractivity contribution in [2.45, 2.75) is 0 Å². The number of hydrogen-bond donors (Lipinski definition) is 1. The minimum Gasteiger partial charge on any atom is -0.451 e. The van der Waals surface area contributed by atoms with Crippen molar-refractivity contribution in [2.75, 3.05) is 0 Å². The molecule has 0 aliphatic carbocycles. The van der Waals surface area contributed by atoms with Crippen molar-refractivity contribution in [2.24, 2.45) is 5.73 Å². The monoisotopic (exact) mass is 212 g/mol. The van der Waals surface area contributed by atoms with E-state index >= 15 is 0 Å². The Morgan fingerprint density at radius 3 is 2.75 bits per heavy atom. The molecule has 0 saturated carbocycles. The van der Waals surface area contributed by atoms with Gasteiger partial charge in [-0.05, 0) is 24.3 Å². The van der Waals surface area contributed by atoms with Gasteiger partial charge < -0.3 is 10.2 Å². The Morgan fingerprint density at radius 1 is 1.31 bits per heavy atom. The molecule has 0 saturated heterocycles. The highest BCUT2D eigenvalue weighted by Gasteiger charge is 2.08. The van der Waals surface area contributed by atoms with Crippen LogP contribution in [0.1, 0.15) is 16.1 Å². The molecule has 0 atom stereocenters. The molecule has 0 aliphatic rings. The molecule has 0 fully saturated rings. The second-order valence-electron chi connectivity index (χ2n) is 3.22. The predicted octanol–water partition coefficient (Wildman–Crippen LogP) is 1.92. The van der Waals surface area contributed by atoms with Crippen LogP contribution in [0.4, 0.5) is 0 Å². The number of furan rings is 1. The zero-order chi connectivity index (χ0) is 11.5. The van der Waals surface area contributed by atoms with Crippen LogP contribution < -0.4 is 5.73 Å². The van der Waals surface area contributed by atoms with Crippen LogP contribution in [0, 0.1) is 11.3 Å². The summed E-state index contributed by atoms with van der Waals surface area (Å²) >= 11 is 0. The minimum absolute atomic E-state index is 0.109. The number of carbonyl (C=O) groups is 1. The van der Waals surface area contributed by atoms with Gasteiger partial charge in [0, 0.05) is 5.56 Å². The van der Waals surface area contributed by atoms with E-state index in [2.05, 4.69) is 0 Å². The average Bonchev–Trinajstić information content (AvgIpc) is 2.78. The lowest BCUT2D eigenvalue weighted by molar-refractivity contribution is 0.0974. The Balaban J connectivity index is 2.43. The number of nitriles is 1. The number of hydrogen-bond acceptors (Lipinski definition) is 3. The molecule has 1 aromatic carbocycles. The van der Waals surface area contributed by atoms with Gasteiger partial charge in [0.2, 0.25) is 0 Å². The standard InChI is InChI=1S/C12H8N2O2/c13-7-8-2-1-3-9(6-8)10-4-5-11(16-10)12(14)15/h1-6H,(H2,14,15). The van der Waals surface area contributed by atoms with Crippen LogP contribution in [0.5, 0.6) is 0 Å². The van der Waals surface area contributed by atoms with Crippen molar-refractivity contribution >= 4 is 5.91 Å². The summed E-state index contributed by atoms with van der Waals surface area (Å²) in [5.41, 5.74) is 6.35. The topological polar surface area (TPSA) is 80.0 Å². The van der Waals surface area contributed by atoms with Crippen molar-refractivity contribution in [3.8, 4) is 17.4 Å². The molecule has 4 nitrogen and oxygen atoms in total. The molecule has 1 aromatic heterocycles. The third-order valence-corrected chi connectivity index (χ3v) is 2.13. The molecule has 1 heterocycles. The van der Waals surface area contributed by atoms with E-state index in [0.717, 1.165) is 5.56 Å². The normalized spacial score (nSPS) is 9.69. The lowest BCUT2D eigenvalue weighted by atomic mass is 10.1. The first-order valence-electron chi connectivity index (χ1n) is 4.61. The molecular weight excluding hydrogens is 204 g/mol. The zero-order valence-electron chi connectivity index (χ0n) is 8.31. The summed E-state index contributed by atoms with van der Waals surface area (Å²) in [6.45, 7) is 0. The van der Waals surface area contributed by atoms with E-state index in [4.69, 9.17) is 15.4 Å². The number of carbonyl (C=O) groups excluding carboxylic acids is 1. The van der Waals surface area contributed by atoms with Gasteiger partial charge in [-0.1, -0.05) is 12.1 Å². The minimum atomic E-state index is -0.609. The molecule has 4 heteroatoms. The van der Waals surface area contributed by atoms with E-state index in [0.29, 0.717) is 11.3 Å². The van der Waals surface area contributed by atoms with E-state index in [1.165, 1.54) is 6.07 Å². The van der Waals surface area contributed by atoms with Crippen LogP contribution in [0.2, 0.25) is 0 Å². The lowest BCUT2D eigenvalue weighted by Gasteiger charge is -1.96. The molecule has 0 radical (unpaired) electrons. The summed E-state index contributed by atoms with van der Waals surface area (Å²) in [5.74, 6) is 0.0194. The van der Waals surface area contributed by atoms with Gasteiger partial charge in [-0.2, -0.15) is 5.26 Å². The molecule has 2 N–H and O–H groups in total. The summed E-state index contributed by atoms with van der Waals surface area (Å²) in [6.07, 6.45) is 0. The molecule has 0 unspecified atom stereocenters. The highest BCUT2D eigenvalue weighted by atomic mass is 16.3. The second-order valence-corrected chi connectivity index (χ2v) is 3.22. The second kappa shape index (κ2) is 3.91. The van der Waals surface area contributed by atoms with Crippen LogP contribution in [0.3, 0.4) is 0 Å². The molecule has 16 heavy (non-hydrogen) atoms. The molecule has 0 aliphatic heterocycles.